The van der Waals surface area contributed by atoms with Gasteiger partial charge in [0, 0.05) is 6.20 Å². The van der Waals surface area contributed by atoms with Gasteiger partial charge in [-0.25, -0.2) is 9.97 Å². The van der Waals surface area contributed by atoms with Gasteiger partial charge in [-0.1, -0.05) is 11.6 Å². The third-order valence-electron chi connectivity index (χ3n) is 5.62. The van der Waals surface area contributed by atoms with E-state index in [1.807, 2.05) is 26.1 Å². The molecule has 0 radical (unpaired) electrons. The molecule has 0 bridgehead atoms. The number of imidazole rings is 1. The second kappa shape index (κ2) is 9.46. The van der Waals surface area contributed by atoms with E-state index in [2.05, 4.69) is 25.5 Å². The van der Waals surface area contributed by atoms with E-state index in [0.717, 1.165) is 23.4 Å². The fraction of sp³-hybridized carbons (Fsp3) is 0.280. The average molecular weight is 483 g/mol. The lowest BCUT2D eigenvalue weighted by molar-refractivity contribution is -0.137. The highest BCUT2D eigenvalue weighted by molar-refractivity contribution is 5.60. The van der Waals surface area contributed by atoms with Gasteiger partial charge in [0.05, 0.1) is 47.3 Å². The summed E-state index contributed by atoms with van der Waals surface area (Å²) < 4.78 is 41.4. The molecule has 0 spiro atoms. The third kappa shape index (κ3) is 5.32. The molecule has 3 heterocycles. The van der Waals surface area contributed by atoms with Gasteiger partial charge >= 0.3 is 6.18 Å². The van der Waals surface area contributed by atoms with Crippen LogP contribution in [-0.4, -0.2) is 29.8 Å². The summed E-state index contributed by atoms with van der Waals surface area (Å²) in [4.78, 5) is 8.75. The second-order valence-corrected chi connectivity index (χ2v) is 8.50. The molecule has 35 heavy (non-hydrogen) atoms. The highest BCUT2D eigenvalue weighted by Gasteiger charge is 2.31. The van der Waals surface area contributed by atoms with Crippen molar-refractivity contribution < 1.29 is 18.3 Å². The Kier molecular flexibility index (Phi) is 6.58. The molecule has 0 aliphatic heterocycles. The fourth-order valence-electron chi connectivity index (χ4n) is 3.81. The quantitative estimate of drug-likeness (QED) is 0.386. The number of aliphatic hydroxyl groups excluding tert-OH is 1. The number of aryl methyl sites for hydroxylation is 3. The van der Waals surface area contributed by atoms with Gasteiger partial charge in [-0.3, -0.25) is 0 Å². The first-order valence-electron chi connectivity index (χ1n) is 11.0. The van der Waals surface area contributed by atoms with E-state index in [0.29, 0.717) is 39.7 Å². The van der Waals surface area contributed by atoms with Crippen LogP contribution in [0.1, 0.15) is 46.6 Å². The molecule has 3 aromatic heterocycles. The summed E-state index contributed by atoms with van der Waals surface area (Å²) in [6.45, 7) is 6.86. The lowest BCUT2D eigenvalue weighted by atomic mass is 10.0. The van der Waals surface area contributed by atoms with Crippen molar-refractivity contribution in [1.82, 2.24) is 24.7 Å². The first kappa shape index (κ1) is 24.3. The lowest BCUT2D eigenvalue weighted by Gasteiger charge is -2.19. The molecule has 2 N–H and O–H groups in total. The van der Waals surface area contributed by atoms with Crippen LogP contribution in [0.3, 0.4) is 0 Å². The Balaban J connectivity index is 1.58. The predicted octanol–water partition coefficient (Wildman–Crippen LogP) is 5.33. The van der Waals surface area contributed by atoms with Crippen LogP contribution in [0.2, 0.25) is 0 Å². The van der Waals surface area contributed by atoms with Gasteiger partial charge in [0.2, 0.25) is 0 Å². The molecule has 10 heteroatoms. The summed E-state index contributed by atoms with van der Waals surface area (Å²) in [7, 11) is 0. The van der Waals surface area contributed by atoms with E-state index in [1.54, 1.807) is 42.9 Å². The normalized spacial score (nSPS) is 12.6. The van der Waals surface area contributed by atoms with Gasteiger partial charge < -0.3 is 15.0 Å². The van der Waals surface area contributed by atoms with E-state index in [9.17, 15) is 18.3 Å². The SMILES string of the molecule is Cc1cc([C@H](C)Nc2nnc(-c3ccc(-n4cnc(C)c4)c(CO)n3)cc2C)cc(C(F)(F)F)c1. The first-order chi connectivity index (χ1) is 16.5. The van der Waals surface area contributed by atoms with Crippen LogP contribution in [-0.2, 0) is 12.8 Å². The molecule has 4 rings (SSSR count). The Labute approximate surface area is 200 Å². The third-order valence-corrected chi connectivity index (χ3v) is 5.62. The fourth-order valence-corrected chi connectivity index (χ4v) is 3.81. The molecule has 0 fully saturated rings. The van der Waals surface area contributed by atoms with Crippen LogP contribution < -0.4 is 5.32 Å². The number of benzene rings is 1. The molecule has 1 atom stereocenters. The van der Waals surface area contributed by atoms with Crippen molar-refractivity contribution in [1.29, 1.82) is 0 Å². The van der Waals surface area contributed by atoms with Crippen LogP contribution in [0.5, 0.6) is 0 Å². The number of aliphatic hydroxyl groups is 1. The van der Waals surface area contributed by atoms with Crippen molar-refractivity contribution in [2.75, 3.05) is 5.32 Å². The van der Waals surface area contributed by atoms with Crippen LogP contribution in [0.4, 0.5) is 19.0 Å². The number of aromatic nitrogens is 5. The van der Waals surface area contributed by atoms with Crippen molar-refractivity contribution in [3.63, 3.8) is 0 Å². The Morgan fingerprint density at radius 1 is 1.03 bits per heavy atom. The maximum atomic E-state index is 13.2. The molecule has 0 aliphatic carbocycles. The minimum absolute atomic E-state index is 0.264. The van der Waals surface area contributed by atoms with Gasteiger partial charge in [0.1, 0.15) is 5.69 Å². The van der Waals surface area contributed by atoms with Crippen LogP contribution in [0, 0.1) is 20.8 Å². The van der Waals surface area contributed by atoms with Gasteiger partial charge in [-0.05, 0) is 69.2 Å². The monoisotopic (exact) mass is 482 g/mol. The maximum Gasteiger partial charge on any atom is 0.416 e. The minimum Gasteiger partial charge on any atom is -0.390 e. The standard InChI is InChI=1S/C25H25F3N6O/c1-14-7-18(10-19(8-14)25(26,27)28)17(4)30-24-15(2)9-21(32-33-24)20-5-6-23(22(12-35)31-20)34-11-16(3)29-13-34/h5-11,13,17,35H,12H2,1-4H3,(H,30,33)/t17-/m0/s1. The number of pyridine rings is 1. The Morgan fingerprint density at radius 2 is 1.80 bits per heavy atom. The number of nitrogens with one attached hydrogen (secondary N) is 1. The van der Waals surface area contributed by atoms with Crippen LogP contribution in [0.15, 0.2) is 48.9 Å². The molecule has 0 amide bonds. The average Bonchev–Trinajstić information content (AvgIpc) is 3.25. The van der Waals surface area contributed by atoms with Crippen molar-refractivity contribution in [2.24, 2.45) is 0 Å². The lowest BCUT2D eigenvalue weighted by Crippen LogP contribution is -2.13. The molecule has 1 aromatic carbocycles. The number of anilines is 1. The summed E-state index contributed by atoms with van der Waals surface area (Å²) in [6.07, 6.45) is -0.916. The van der Waals surface area contributed by atoms with E-state index in [1.165, 1.54) is 0 Å². The van der Waals surface area contributed by atoms with Crippen molar-refractivity contribution >= 4 is 5.82 Å². The Bertz CT molecular complexity index is 1370. The van der Waals surface area contributed by atoms with Gasteiger partial charge in [-0.15, -0.1) is 10.2 Å². The zero-order valence-corrected chi connectivity index (χ0v) is 19.7. The molecule has 0 saturated carbocycles. The summed E-state index contributed by atoms with van der Waals surface area (Å²) >= 11 is 0. The van der Waals surface area contributed by atoms with Crippen molar-refractivity contribution in [3.05, 3.63) is 82.6 Å². The zero-order chi connectivity index (χ0) is 25.3. The van der Waals surface area contributed by atoms with Crippen molar-refractivity contribution in [3.8, 4) is 17.1 Å². The summed E-state index contributed by atoms with van der Waals surface area (Å²) in [5.74, 6) is 0.462. The first-order valence-corrected chi connectivity index (χ1v) is 11.0. The number of halogens is 3. The van der Waals surface area contributed by atoms with Crippen LogP contribution >= 0.6 is 0 Å². The van der Waals surface area contributed by atoms with Gasteiger partial charge in [-0.2, -0.15) is 13.2 Å². The predicted molar refractivity (Wildman–Crippen MR) is 126 cm³/mol. The highest BCUT2D eigenvalue weighted by Crippen LogP contribution is 2.33. The molecular formula is C25H25F3N6O. The summed E-state index contributed by atoms with van der Waals surface area (Å²) in [6, 6.07) is 8.98. The second-order valence-electron chi connectivity index (χ2n) is 8.50. The Hall–Kier alpha value is -3.79. The largest absolute Gasteiger partial charge is 0.416 e. The number of rotatable bonds is 6. The molecule has 182 valence electrons. The highest BCUT2D eigenvalue weighted by atomic mass is 19.4. The van der Waals surface area contributed by atoms with E-state index < -0.39 is 17.8 Å². The van der Waals surface area contributed by atoms with E-state index in [-0.39, 0.29) is 6.61 Å². The number of nitrogens with zero attached hydrogens (tertiary/aromatic N) is 5. The van der Waals surface area contributed by atoms with Crippen LogP contribution in [0.25, 0.3) is 17.1 Å². The molecule has 0 unspecified atom stereocenters. The summed E-state index contributed by atoms with van der Waals surface area (Å²) in [5.41, 5.74) is 4.18. The Morgan fingerprint density at radius 3 is 2.43 bits per heavy atom. The zero-order valence-electron chi connectivity index (χ0n) is 19.7. The minimum atomic E-state index is -4.41. The maximum absolute atomic E-state index is 13.2. The number of alkyl halides is 3. The molecule has 0 saturated heterocycles. The smallest absolute Gasteiger partial charge is 0.390 e. The summed E-state index contributed by atoms with van der Waals surface area (Å²) in [5, 5.41) is 21.5. The topological polar surface area (TPSA) is 88.8 Å². The van der Waals surface area contributed by atoms with Gasteiger partial charge in [0.15, 0.2) is 5.82 Å². The molecule has 4 aromatic rings. The molecule has 0 aliphatic rings. The van der Waals surface area contributed by atoms with E-state index >= 15 is 0 Å². The molecular weight excluding hydrogens is 457 g/mol. The van der Waals surface area contributed by atoms with Crippen molar-refractivity contribution in [2.45, 2.75) is 46.5 Å². The van der Waals surface area contributed by atoms with E-state index in [4.69, 9.17) is 0 Å². The molecule has 7 nitrogen and oxygen atoms in total. The van der Waals surface area contributed by atoms with Gasteiger partial charge in [0.25, 0.3) is 0 Å². The number of hydrogen-bond acceptors (Lipinski definition) is 6. The number of hydrogen-bond donors (Lipinski definition) is 2.